The fraction of sp³-hybridized carbons (Fsp3) is 0.667. The third-order valence-electron chi connectivity index (χ3n) is 0.520. The molecule has 0 heterocycles. The van der Waals surface area contributed by atoms with Gasteiger partial charge in [0.1, 0.15) is 0 Å². The molecule has 61 valence electrons. The molecule has 0 aliphatic carbocycles. The monoisotopic (exact) mass is 177 g/mol. The molecule has 0 spiro atoms. The van der Waals surface area contributed by atoms with Crippen LogP contribution in [0.1, 0.15) is 0 Å². The predicted octanol–water partition coefficient (Wildman–Crippen LogP) is 0.687. The molecule has 0 saturated heterocycles. The first-order valence-corrected chi connectivity index (χ1v) is 3.58. The zero-order valence-corrected chi connectivity index (χ0v) is 5.50. The lowest BCUT2D eigenvalue weighted by molar-refractivity contribution is -0.107. The van der Waals surface area contributed by atoms with E-state index in [1.165, 1.54) is 0 Å². The first kappa shape index (κ1) is 9.70. The lowest BCUT2D eigenvalue weighted by Gasteiger charge is -2.03. The number of hydrogen-bond donors (Lipinski definition) is 0. The van der Waals surface area contributed by atoms with Gasteiger partial charge in [0.25, 0.3) is 10.1 Å². The lowest BCUT2D eigenvalue weighted by atomic mass is 10.8. The van der Waals surface area contributed by atoms with E-state index in [9.17, 15) is 21.6 Å². The standard InChI is InChI=1S/C3H4F3O3S/c1-9-10(7,8)2-3(4,5)6/h1-2H2. The second-order valence-corrected chi connectivity index (χ2v) is 3.07. The van der Waals surface area contributed by atoms with Gasteiger partial charge in [0.15, 0.2) is 5.75 Å². The highest BCUT2D eigenvalue weighted by atomic mass is 32.2. The smallest absolute Gasteiger partial charge is 0.267 e. The molecule has 0 bridgehead atoms. The van der Waals surface area contributed by atoms with E-state index in [1.54, 1.807) is 0 Å². The van der Waals surface area contributed by atoms with E-state index >= 15 is 0 Å². The molecule has 0 saturated carbocycles. The van der Waals surface area contributed by atoms with Gasteiger partial charge in [-0.3, -0.25) is 4.18 Å². The Morgan fingerprint density at radius 1 is 1.40 bits per heavy atom. The normalized spacial score (nSPS) is 13.6. The van der Waals surface area contributed by atoms with Crippen molar-refractivity contribution in [3.8, 4) is 0 Å². The van der Waals surface area contributed by atoms with Crippen molar-refractivity contribution in [1.29, 1.82) is 0 Å². The number of alkyl halides is 3. The van der Waals surface area contributed by atoms with Crippen molar-refractivity contribution in [1.82, 2.24) is 0 Å². The molecule has 0 aliphatic heterocycles. The van der Waals surface area contributed by atoms with E-state index in [0.717, 1.165) is 0 Å². The van der Waals surface area contributed by atoms with Crippen LogP contribution < -0.4 is 0 Å². The molecule has 0 unspecified atom stereocenters. The highest BCUT2D eigenvalue weighted by molar-refractivity contribution is 7.86. The Balaban J connectivity index is 4.18. The number of halogens is 3. The van der Waals surface area contributed by atoms with Crippen molar-refractivity contribution < 1.29 is 25.8 Å². The van der Waals surface area contributed by atoms with Crippen LogP contribution >= 0.6 is 0 Å². The highest BCUT2D eigenvalue weighted by Crippen LogP contribution is 2.17. The van der Waals surface area contributed by atoms with Crippen LogP contribution in [0.25, 0.3) is 0 Å². The Bertz CT molecular complexity index is 192. The average Bonchev–Trinajstić information content (AvgIpc) is 1.60. The molecule has 0 aliphatic rings. The van der Waals surface area contributed by atoms with Crippen molar-refractivity contribution in [2.24, 2.45) is 0 Å². The van der Waals surface area contributed by atoms with Crippen molar-refractivity contribution in [3.05, 3.63) is 7.11 Å². The van der Waals surface area contributed by atoms with E-state index in [2.05, 4.69) is 11.3 Å². The van der Waals surface area contributed by atoms with Gasteiger partial charge in [0.05, 0.1) is 7.11 Å². The van der Waals surface area contributed by atoms with E-state index in [-0.39, 0.29) is 0 Å². The molecular weight excluding hydrogens is 173 g/mol. The van der Waals surface area contributed by atoms with Crippen LogP contribution in [-0.4, -0.2) is 20.3 Å². The minimum absolute atomic E-state index is 2.00. The Labute approximate surface area is 55.9 Å². The SMILES string of the molecule is [CH2]OS(=O)(=O)CC(F)(F)F. The minimum Gasteiger partial charge on any atom is -0.267 e. The molecule has 0 N–H and O–H groups in total. The summed E-state index contributed by atoms with van der Waals surface area (Å²) >= 11 is 0. The molecule has 0 fully saturated rings. The fourth-order valence-electron chi connectivity index (χ4n) is 0.242. The third kappa shape index (κ3) is 4.57. The molecule has 0 aromatic heterocycles. The second-order valence-electron chi connectivity index (χ2n) is 1.44. The summed E-state index contributed by atoms with van der Waals surface area (Å²) in [5.74, 6) is -2.00. The minimum atomic E-state index is -4.77. The molecule has 0 atom stereocenters. The van der Waals surface area contributed by atoms with Gasteiger partial charge in [-0.1, -0.05) is 0 Å². The van der Waals surface area contributed by atoms with Crippen LogP contribution in [0.2, 0.25) is 0 Å². The van der Waals surface area contributed by atoms with Crippen molar-refractivity contribution >= 4 is 10.1 Å². The zero-order chi connectivity index (χ0) is 8.41. The summed E-state index contributed by atoms with van der Waals surface area (Å²) in [4.78, 5) is 0. The van der Waals surface area contributed by atoms with E-state index in [4.69, 9.17) is 0 Å². The van der Waals surface area contributed by atoms with Crippen LogP contribution in [0.5, 0.6) is 0 Å². The van der Waals surface area contributed by atoms with Gasteiger partial charge in [0.2, 0.25) is 0 Å². The summed E-state index contributed by atoms with van der Waals surface area (Å²) in [7, 11) is -2.16. The third-order valence-corrected chi connectivity index (χ3v) is 1.56. The Hall–Kier alpha value is -0.300. The molecule has 10 heavy (non-hydrogen) atoms. The summed E-state index contributed by atoms with van der Waals surface area (Å²) in [6, 6.07) is 0. The van der Waals surface area contributed by atoms with Crippen LogP contribution in [0.3, 0.4) is 0 Å². The molecule has 0 aromatic rings. The van der Waals surface area contributed by atoms with E-state index < -0.39 is 22.0 Å². The first-order chi connectivity index (χ1) is 4.27. The quantitative estimate of drug-likeness (QED) is 0.582. The van der Waals surface area contributed by atoms with Gasteiger partial charge in [-0.25, -0.2) is 0 Å². The van der Waals surface area contributed by atoms with Gasteiger partial charge in [0, 0.05) is 0 Å². The highest BCUT2D eigenvalue weighted by Gasteiger charge is 2.35. The van der Waals surface area contributed by atoms with E-state index in [0.29, 0.717) is 0 Å². The van der Waals surface area contributed by atoms with Gasteiger partial charge < -0.3 is 0 Å². The fourth-order valence-corrected chi connectivity index (χ4v) is 0.726. The molecule has 1 radical (unpaired) electrons. The van der Waals surface area contributed by atoms with Gasteiger partial charge in [-0.15, -0.1) is 0 Å². The van der Waals surface area contributed by atoms with Crippen LogP contribution in [0, 0.1) is 7.11 Å². The van der Waals surface area contributed by atoms with Gasteiger partial charge in [-0.05, 0) is 0 Å². The topological polar surface area (TPSA) is 43.4 Å². The van der Waals surface area contributed by atoms with Crippen molar-refractivity contribution in [2.75, 3.05) is 5.75 Å². The lowest BCUT2D eigenvalue weighted by Crippen LogP contribution is -2.22. The maximum atomic E-state index is 11.3. The molecule has 0 aromatic carbocycles. The maximum Gasteiger partial charge on any atom is 0.405 e. The summed E-state index contributed by atoms with van der Waals surface area (Å²) in [5.41, 5.74) is 0. The molecule has 7 heteroatoms. The summed E-state index contributed by atoms with van der Waals surface area (Å²) in [6.45, 7) is 0. The Morgan fingerprint density at radius 3 is 1.90 bits per heavy atom. The molecule has 0 amide bonds. The van der Waals surface area contributed by atoms with Crippen LogP contribution in [-0.2, 0) is 14.3 Å². The van der Waals surface area contributed by atoms with Crippen LogP contribution in [0.4, 0.5) is 13.2 Å². The zero-order valence-electron chi connectivity index (χ0n) is 4.68. The largest absolute Gasteiger partial charge is 0.405 e. The first-order valence-electron chi connectivity index (χ1n) is 2.00. The summed E-state index contributed by atoms with van der Waals surface area (Å²) in [5, 5.41) is 0. The Morgan fingerprint density at radius 2 is 1.80 bits per heavy atom. The predicted molar refractivity (Wildman–Crippen MR) is 26.3 cm³/mol. The Kier molecular flexibility index (Phi) is 2.67. The average molecular weight is 177 g/mol. The second kappa shape index (κ2) is 2.75. The molecule has 0 rings (SSSR count). The van der Waals surface area contributed by atoms with Crippen molar-refractivity contribution in [2.45, 2.75) is 6.18 Å². The summed E-state index contributed by atoms with van der Waals surface area (Å²) < 4.78 is 57.1. The van der Waals surface area contributed by atoms with Crippen molar-refractivity contribution in [3.63, 3.8) is 0 Å². The maximum absolute atomic E-state index is 11.3. The van der Waals surface area contributed by atoms with Crippen LogP contribution in [0.15, 0.2) is 0 Å². The molecular formula is C3H4F3O3S. The number of rotatable bonds is 2. The number of hydrogen-bond acceptors (Lipinski definition) is 3. The van der Waals surface area contributed by atoms with Gasteiger partial charge >= 0.3 is 6.18 Å². The van der Waals surface area contributed by atoms with Gasteiger partial charge in [-0.2, -0.15) is 21.6 Å². The molecule has 3 nitrogen and oxygen atoms in total. The van der Waals surface area contributed by atoms with E-state index in [1.807, 2.05) is 0 Å². The summed E-state index contributed by atoms with van der Waals surface area (Å²) in [6.07, 6.45) is -4.77.